The van der Waals surface area contributed by atoms with Crippen molar-refractivity contribution in [3.05, 3.63) is 107 Å². The Kier molecular flexibility index (Phi) is 12.7. The van der Waals surface area contributed by atoms with Gasteiger partial charge in [-0.2, -0.15) is 0 Å². The standard InChI is InChI=1S/C34H40F2N4O4.C2H6/c1-6-7-8-9-27(22(3)37)25-14-29(23-11-13-31(41)32(16-23)44-5)40-30(15-25)34(43)39(20-33(40)42)21(2)18-38(4)19-24-10-12-26(35)17-28(24)36;1-2/h6-7,9-14,16-17,21,29-30,41H,3,8,15,18-20,37H2,1-2,4-5H3;1-2H3/b7-6-,27-9+;. The normalized spacial score (nSPS) is 19.1. The molecule has 0 aliphatic carbocycles. The van der Waals surface area contributed by atoms with E-state index in [1.165, 1.54) is 25.3 Å². The van der Waals surface area contributed by atoms with Gasteiger partial charge in [0, 0.05) is 42.9 Å². The van der Waals surface area contributed by atoms with Crippen molar-refractivity contribution < 1.29 is 28.2 Å². The third-order valence-electron chi connectivity index (χ3n) is 8.06. The minimum atomic E-state index is -0.812. The summed E-state index contributed by atoms with van der Waals surface area (Å²) in [5.41, 5.74) is 9.09. The van der Waals surface area contributed by atoms with E-state index in [2.05, 4.69) is 6.58 Å². The minimum absolute atomic E-state index is 0.0410. The van der Waals surface area contributed by atoms with Crippen molar-refractivity contribution in [2.45, 2.75) is 65.2 Å². The maximum atomic E-state index is 14.3. The number of piperazine rings is 1. The maximum Gasteiger partial charge on any atom is 0.246 e. The SMILES string of the molecule is C=C(N)/C(=C\C/C=C\C)C1=CC(c2ccc(O)c(OC)c2)N2C(=O)CN(C(C)CN(C)Cc3ccc(F)cc3F)C(=O)C2C1.CC. The molecule has 0 spiro atoms. The highest BCUT2D eigenvalue weighted by Gasteiger charge is 2.46. The van der Waals surface area contributed by atoms with Crippen LogP contribution in [0.4, 0.5) is 8.78 Å². The molecule has 1 fully saturated rings. The summed E-state index contributed by atoms with van der Waals surface area (Å²) in [6.07, 6.45) is 8.65. The molecule has 0 saturated carbocycles. The van der Waals surface area contributed by atoms with Crippen LogP contribution in [0.25, 0.3) is 0 Å². The Balaban J connectivity index is 0.00000282. The molecule has 46 heavy (non-hydrogen) atoms. The molecule has 3 atom stereocenters. The summed E-state index contributed by atoms with van der Waals surface area (Å²) in [5, 5.41) is 10.2. The molecule has 0 radical (unpaired) electrons. The Labute approximate surface area is 271 Å². The van der Waals surface area contributed by atoms with Crippen molar-refractivity contribution in [3.8, 4) is 11.5 Å². The summed E-state index contributed by atoms with van der Waals surface area (Å²) in [5.74, 6) is -1.52. The molecule has 3 N–H and O–H groups in total. The largest absolute Gasteiger partial charge is 0.504 e. The predicted molar refractivity (Wildman–Crippen MR) is 177 cm³/mol. The lowest BCUT2D eigenvalue weighted by Crippen LogP contribution is -2.64. The number of benzene rings is 2. The Hall–Kier alpha value is -4.44. The van der Waals surface area contributed by atoms with E-state index in [1.54, 1.807) is 29.0 Å². The summed E-state index contributed by atoms with van der Waals surface area (Å²) in [4.78, 5) is 33.0. The van der Waals surface area contributed by atoms with Gasteiger partial charge in [0.25, 0.3) is 0 Å². The van der Waals surface area contributed by atoms with Gasteiger partial charge in [0.1, 0.15) is 24.2 Å². The van der Waals surface area contributed by atoms with Gasteiger partial charge in [-0.25, -0.2) is 8.78 Å². The van der Waals surface area contributed by atoms with Gasteiger partial charge in [0.05, 0.1) is 13.2 Å². The van der Waals surface area contributed by atoms with E-state index in [4.69, 9.17) is 10.5 Å². The quantitative estimate of drug-likeness (QED) is 0.232. The highest BCUT2D eigenvalue weighted by atomic mass is 19.1. The second-order valence-electron chi connectivity index (χ2n) is 11.3. The number of phenols is 1. The summed E-state index contributed by atoms with van der Waals surface area (Å²) in [6.45, 7) is 12.2. The third-order valence-corrected chi connectivity index (χ3v) is 8.06. The molecule has 4 rings (SSSR count). The number of nitrogens with two attached hydrogens (primary N) is 1. The molecular formula is C36H46F2N4O4. The van der Waals surface area contributed by atoms with E-state index in [9.17, 15) is 23.5 Å². The van der Waals surface area contributed by atoms with Crippen LogP contribution in [0.3, 0.4) is 0 Å². The van der Waals surface area contributed by atoms with Crippen molar-refractivity contribution in [1.29, 1.82) is 0 Å². The molecule has 2 amide bonds. The molecule has 3 unspecified atom stereocenters. The Morgan fingerprint density at radius 3 is 2.57 bits per heavy atom. The number of likely N-dealkylation sites (N-methyl/N-ethyl adjacent to an activating group) is 1. The zero-order chi connectivity index (χ0) is 34.1. The van der Waals surface area contributed by atoms with Crippen LogP contribution in [0, 0.1) is 11.6 Å². The summed E-state index contributed by atoms with van der Waals surface area (Å²) >= 11 is 0. The van der Waals surface area contributed by atoms with E-state index in [1.807, 2.05) is 56.9 Å². The number of carbonyl (C=O) groups excluding carboxylic acids is 2. The van der Waals surface area contributed by atoms with Gasteiger partial charge in [-0.3, -0.25) is 14.5 Å². The molecule has 248 valence electrons. The van der Waals surface area contributed by atoms with Gasteiger partial charge >= 0.3 is 0 Å². The molecule has 0 bridgehead atoms. The van der Waals surface area contributed by atoms with Gasteiger partial charge in [-0.05, 0) is 62.2 Å². The highest BCUT2D eigenvalue weighted by Crippen LogP contribution is 2.41. The fourth-order valence-corrected chi connectivity index (χ4v) is 5.92. The molecule has 2 aromatic carbocycles. The fraction of sp³-hybridized carbons (Fsp3) is 0.389. The number of nitrogens with zero attached hydrogens (tertiary/aromatic N) is 3. The molecule has 2 aliphatic heterocycles. The van der Waals surface area contributed by atoms with Gasteiger partial charge in [0.2, 0.25) is 11.8 Å². The van der Waals surface area contributed by atoms with Crippen LogP contribution >= 0.6 is 0 Å². The number of rotatable bonds is 11. The first-order valence-corrected chi connectivity index (χ1v) is 15.5. The number of halogens is 2. The second-order valence-corrected chi connectivity index (χ2v) is 11.3. The van der Waals surface area contributed by atoms with Gasteiger partial charge in [-0.15, -0.1) is 0 Å². The average Bonchev–Trinajstić information content (AvgIpc) is 3.02. The van der Waals surface area contributed by atoms with Crippen LogP contribution in [0.15, 0.2) is 84.1 Å². The first-order chi connectivity index (χ1) is 21.9. The van der Waals surface area contributed by atoms with Gasteiger partial charge in [-0.1, -0.05) is 56.9 Å². The minimum Gasteiger partial charge on any atom is -0.504 e. The van der Waals surface area contributed by atoms with Crippen LogP contribution in [0.2, 0.25) is 0 Å². The smallest absolute Gasteiger partial charge is 0.246 e. The first-order valence-electron chi connectivity index (χ1n) is 15.5. The lowest BCUT2D eigenvalue weighted by Gasteiger charge is -2.48. The maximum absolute atomic E-state index is 14.3. The molecule has 2 aliphatic rings. The molecule has 0 aromatic heterocycles. The van der Waals surface area contributed by atoms with E-state index in [-0.39, 0.29) is 48.9 Å². The number of ether oxygens (including phenoxy) is 1. The molecule has 8 nitrogen and oxygen atoms in total. The molecule has 2 aromatic rings. The van der Waals surface area contributed by atoms with Crippen molar-refractivity contribution in [2.24, 2.45) is 5.73 Å². The lowest BCUT2D eigenvalue weighted by atomic mass is 9.84. The summed E-state index contributed by atoms with van der Waals surface area (Å²) in [7, 11) is 3.23. The zero-order valence-corrected chi connectivity index (χ0v) is 27.6. The average molecular weight is 637 g/mol. The Morgan fingerprint density at radius 2 is 1.93 bits per heavy atom. The highest BCUT2D eigenvalue weighted by molar-refractivity contribution is 5.96. The van der Waals surface area contributed by atoms with Crippen molar-refractivity contribution in [1.82, 2.24) is 14.7 Å². The number of carbonyl (C=O) groups is 2. The first kappa shape index (κ1) is 36.0. The molecule has 1 saturated heterocycles. The van der Waals surface area contributed by atoms with E-state index in [0.717, 1.165) is 11.6 Å². The van der Waals surface area contributed by atoms with Crippen LogP contribution in [-0.2, 0) is 16.1 Å². The summed E-state index contributed by atoms with van der Waals surface area (Å²) in [6, 6.07) is 6.51. The molecule has 10 heteroatoms. The Bertz CT molecular complexity index is 1520. The number of aromatic hydroxyl groups is 1. The Morgan fingerprint density at radius 1 is 1.22 bits per heavy atom. The van der Waals surface area contributed by atoms with Crippen LogP contribution in [0.1, 0.15) is 57.7 Å². The van der Waals surface area contributed by atoms with E-state index < -0.39 is 23.7 Å². The van der Waals surface area contributed by atoms with Crippen molar-refractivity contribution in [2.75, 3.05) is 27.2 Å². The second kappa shape index (κ2) is 16.2. The lowest BCUT2D eigenvalue weighted by molar-refractivity contribution is -0.160. The van der Waals surface area contributed by atoms with Gasteiger partial charge in [0.15, 0.2) is 11.5 Å². The van der Waals surface area contributed by atoms with Crippen molar-refractivity contribution in [3.63, 3.8) is 0 Å². The van der Waals surface area contributed by atoms with E-state index >= 15 is 0 Å². The van der Waals surface area contributed by atoms with Crippen LogP contribution < -0.4 is 10.5 Å². The topological polar surface area (TPSA) is 99.3 Å². The summed E-state index contributed by atoms with van der Waals surface area (Å²) < 4.78 is 33.0. The number of methoxy groups -OCH3 is 1. The number of amides is 2. The van der Waals surface area contributed by atoms with Crippen LogP contribution in [-0.4, -0.2) is 71.0 Å². The monoisotopic (exact) mass is 636 g/mol. The van der Waals surface area contributed by atoms with Crippen molar-refractivity contribution >= 4 is 11.8 Å². The number of hydrogen-bond acceptors (Lipinski definition) is 6. The number of phenolic OH excluding ortho intramolecular Hbond substituents is 1. The van der Waals surface area contributed by atoms with E-state index in [0.29, 0.717) is 35.4 Å². The van der Waals surface area contributed by atoms with Crippen LogP contribution in [0.5, 0.6) is 11.5 Å². The number of allylic oxidation sites excluding steroid dienone is 4. The third kappa shape index (κ3) is 8.23. The molecular weight excluding hydrogens is 590 g/mol. The number of fused-ring (bicyclic) bond motifs is 1. The fourth-order valence-electron chi connectivity index (χ4n) is 5.92. The molecule has 2 heterocycles. The zero-order valence-electron chi connectivity index (χ0n) is 27.6. The number of hydrogen-bond donors (Lipinski definition) is 2. The predicted octanol–water partition coefficient (Wildman–Crippen LogP) is 6.00. The van der Waals surface area contributed by atoms with Gasteiger partial charge < -0.3 is 25.4 Å².